The van der Waals surface area contributed by atoms with Crippen LogP contribution < -0.4 is 5.73 Å². The number of β-amino-alcohol motifs (C(OH)–C–C–N with tert-alkyl or cyclic N) is 1. The van der Waals surface area contributed by atoms with Crippen molar-refractivity contribution in [2.75, 3.05) is 13.1 Å². The van der Waals surface area contributed by atoms with Crippen molar-refractivity contribution in [2.45, 2.75) is 64.1 Å². The molecule has 1 rings (SSSR count). The van der Waals surface area contributed by atoms with Gasteiger partial charge in [0.25, 0.3) is 0 Å². The number of aliphatic hydroxyl groups excluding tert-OH is 1. The Morgan fingerprint density at radius 1 is 1.27 bits per heavy atom. The summed E-state index contributed by atoms with van der Waals surface area (Å²) in [4.78, 5) is 2.49. The Bertz CT molecular complexity index is 163. The maximum Gasteiger partial charge on any atom is 0.0789 e. The minimum absolute atomic E-state index is 0.355. The Hall–Kier alpha value is -0.120. The van der Waals surface area contributed by atoms with E-state index in [-0.39, 0.29) is 6.10 Å². The zero-order chi connectivity index (χ0) is 11.3. The summed E-state index contributed by atoms with van der Waals surface area (Å²) >= 11 is 0. The second-order valence-corrected chi connectivity index (χ2v) is 4.64. The van der Waals surface area contributed by atoms with E-state index >= 15 is 0 Å². The molecule has 1 heterocycles. The highest BCUT2D eigenvalue weighted by Crippen LogP contribution is 2.26. The van der Waals surface area contributed by atoms with Crippen molar-refractivity contribution in [3.63, 3.8) is 0 Å². The third kappa shape index (κ3) is 3.44. The topological polar surface area (TPSA) is 49.5 Å². The van der Waals surface area contributed by atoms with Crippen LogP contribution >= 0.6 is 0 Å². The van der Waals surface area contributed by atoms with E-state index in [1.165, 1.54) is 32.1 Å². The van der Waals surface area contributed by atoms with Gasteiger partial charge in [0.15, 0.2) is 0 Å². The summed E-state index contributed by atoms with van der Waals surface area (Å²) in [6.07, 6.45) is 5.92. The van der Waals surface area contributed by atoms with Gasteiger partial charge in [-0.2, -0.15) is 0 Å². The van der Waals surface area contributed by atoms with Crippen molar-refractivity contribution in [2.24, 2.45) is 5.73 Å². The first-order valence-corrected chi connectivity index (χ1v) is 6.36. The van der Waals surface area contributed by atoms with E-state index in [1.54, 1.807) is 0 Å². The number of nitrogens with two attached hydrogens (primary N) is 1. The molecule has 90 valence electrons. The van der Waals surface area contributed by atoms with E-state index in [2.05, 4.69) is 18.7 Å². The van der Waals surface area contributed by atoms with Crippen LogP contribution in [0.15, 0.2) is 0 Å². The van der Waals surface area contributed by atoms with Gasteiger partial charge >= 0.3 is 0 Å². The monoisotopic (exact) mass is 214 g/mol. The van der Waals surface area contributed by atoms with Crippen molar-refractivity contribution in [1.82, 2.24) is 4.90 Å². The number of aliphatic hydroxyl groups is 1. The number of rotatable bonds is 5. The molecule has 1 fully saturated rings. The molecule has 3 N–H and O–H groups in total. The molecule has 3 heteroatoms. The van der Waals surface area contributed by atoms with Gasteiger partial charge in [-0.15, -0.1) is 0 Å². The molecule has 0 aromatic carbocycles. The molecule has 0 amide bonds. The van der Waals surface area contributed by atoms with E-state index in [0.29, 0.717) is 18.6 Å². The van der Waals surface area contributed by atoms with Crippen molar-refractivity contribution < 1.29 is 5.11 Å². The zero-order valence-corrected chi connectivity index (χ0v) is 10.2. The summed E-state index contributed by atoms with van der Waals surface area (Å²) in [5, 5.41) is 9.67. The van der Waals surface area contributed by atoms with Crippen LogP contribution in [-0.4, -0.2) is 41.3 Å². The van der Waals surface area contributed by atoms with Crippen LogP contribution in [0.25, 0.3) is 0 Å². The zero-order valence-electron chi connectivity index (χ0n) is 10.2. The third-order valence-electron chi connectivity index (χ3n) is 3.65. The van der Waals surface area contributed by atoms with Crippen LogP contribution in [0.2, 0.25) is 0 Å². The first kappa shape index (κ1) is 12.9. The first-order valence-electron chi connectivity index (χ1n) is 6.36. The largest absolute Gasteiger partial charge is 0.390 e. The maximum absolute atomic E-state index is 9.67. The number of hydrogen-bond donors (Lipinski definition) is 2. The van der Waals surface area contributed by atoms with E-state index in [9.17, 15) is 5.11 Å². The highest BCUT2D eigenvalue weighted by Gasteiger charge is 2.29. The summed E-state index contributed by atoms with van der Waals surface area (Å²) in [5.41, 5.74) is 5.49. The van der Waals surface area contributed by atoms with Crippen molar-refractivity contribution in [3.05, 3.63) is 0 Å². The van der Waals surface area contributed by atoms with Crippen molar-refractivity contribution in [3.8, 4) is 0 Å². The molecule has 0 aromatic heterocycles. The van der Waals surface area contributed by atoms with Gasteiger partial charge in [-0.05, 0) is 25.7 Å². The molecule has 0 aliphatic carbocycles. The maximum atomic E-state index is 9.67. The highest BCUT2D eigenvalue weighted by atomic mass is 16.3. The van der Waals surface area contributed by atoms with E-state index in [4.69, 9.17) is 5.73 Å². The molecule has 0 unspecified atom stereocenters. The van der Waals surface area contributed by atoms with E-state index in [0.717, 1.165) is 6.54 Å². The summed E-state index contributed by atoms with van der Waals surface area (Å²) in [6.45, 7) is 5.62. The lowest BCUT2D eigenvalue weighted by molar-refractivity contribution is 0.0290. The van der Waals surface area contributed by atoms with E-state index < -0.39 is 0 Å². The van der Waals surface area contributed by atoms with Gasteiger partial charge in [-0.1, -0.05) is 20.3 Å². The predicted octanol–water partition coefficient (Wildman–Crippen LogP) is 1.35. The predicted molar refractivity (Wildman–Crippen MR) is 63.8 cm³/mol. The smallest absolute Gasteiger partial charge is 0.0789 e. The lowest BCUT2D eigenvalue weighted by Gasteiger charge is -2.42. The van der Waals surface area contributed by atoms with Gasteiger partial charge < -0.3 is 10.8 Å². The second kappa shape index (κ2) is 6.46. The standard InChI is InChI=1S/C12H26N2O/c1-3-10-6-5-7-11(4-2)14(10)9-12(15)8-13/h10-12,15H,3-9,13H2,1-2H3/t10-,11+,12-/m0/s1. The molecule has 0 spiro atoms. The summed E-state index contributed by atoms with van der Waals surface area (Å²) in [6, 6.07) is 1.31. The lowest BCUT2D eigenvalue weighted by atomic mass is 9.92. The third-order valence-corrected chi connectivity index (χ3v) is 3.65. The number of hydrogen-bond acceptors (Lipinski definition) is 3. The molecule has 1 aliphatic heterocycles. The first-order chi connectivity index (χ1) is 7.22. The second-order valence-electron chi connectivity index (χ2n) is 4.64. The van der Waals surface area contributed by atoms with Crippen LogP contribution in [-0.2, 0) is 0 Å². The quantitative estimate of drug-likeness (QED) is 0.726. The van der Waals surface area contributed by atoms with E-state index in [1.807, 2.05) is 0 Å². The molecule has 0 bridgehead atoms. The van der Waals surface area contributed by atoms with Crippen molar-refractivity contribution in [1.29, 1.82) is 0 Å². The average Bonchev–Trinajstić information content (AvgIpc) is 2.29. The molecule has 0 aromatic rings. The molecule has 1 saturated heterocycles. The average molecular weight is 214 g/mol. The van der Waals surface area contributed by atoms with Crippen LogP contribution in [0, 0.1) is 0 Å². The van der Waals surface area contributed by atoms with Crippen LogP contribution in [0.5, 0.6) is 0 Å². The van der Waals surface area contributed by atoms with Crippen LogP contribution in [0.1, 0.15) is 46.0 Å². The molecule has 0 radical (unpaired) electrons. The lowest BCUT2D eigenvalue weighted by Crippen LogP contribution is -2.50. The molecule has 0 saturated carbocycles. The Balaban J connectivity index is 2.57. The number of piperidine rings is 1. The summed E-state index contributed by atoms with van der Waals surface area (Å²) < 4.78 is 0. The number of nitrogens with zero attached hydrogens (tertiary/aromatic N) is 1. The summed E-state index contributed by atoms with van der Waals surface area (Å²) in [7, 11) is 0. The van der Waals surface area contributed by atoms with Crippen molar-refractivity contribution >= 4 is 0 Å². The molecule has 3 nitrogen and oxygen atoms in total. The molecular formula is C12H26N2O. The summed E-state index contributed by atoms with van der Waals surface area (Å²) in [5.74, 6) is 0. The normalized spacial score (nSPS) is 30.4. The molecule has 1 aliphatic rings. The van der Waals surface area contributed by atoms with Crippen LogP contribution in [0.4, 0.5) is 0 Å². The minimum atomic E-state index is -0.355. The Labute approximate surface area is 93.6 Å². The van der Waals surface area contributed by atoms with Gasteiger partial charge in [-0.25, -0.2) is 0 Å². The Morgan fingerprint density at radius 3 is 2.20 bits per heavy atom. The SMILES string of the molecule is CC[C@@H]1CCC[C@H](CC)N1C[C@@H](O)CN. The fourth-order valence-electron chi connectivity index (χ4n) is 2.71. The molecule has 3 atom stereocenters. The Morgan fingerprint density at radius 2 is 1.80 bits per heavy atom. The van der Waals surface area contributed by atoms with Gasteiger partial charge in [-0.3, -0.25) is 4.90 Å². The molecule has 15 heavy (non-hydrogen) atoms. The van der Waals surface area contributed by atoms with Gasteiger partial charge in [0, 0.05) is 25.2 Å². The van der Waals surface area contributed by atoms with Gasteiger partial charge in [0.2, 0.25) is 0 Å². The van der Waals surface area contributed by atoms with Crippen LogP contribution in [0.3, 0.4) is 0 Å². The van der Waals surface area contributed by atoms with Gasteiger partial charge in [0.1, 0.15) is 0 Å². The minimum Gasteiger partial charge on any atom is -0.390 e. The van der Waals surface area contributed by atoms with Gasteiger partial charge in [0.05, 0.1) is 6.10 Å². The Kier molecular flexibility index (Phi) is 5.58. The fraction of sp³-hybridized carbons (Fsp3) is 1.00. The number of likely N-dealkylation sites (tertiary alicyclic amines) is 1. The molecular weight excluding hydrogens is 188 g/mol. The highest BCUT2D eigenvalue weighted by molar-refractivity contribution is 4.84. The fourth-order valence-corrected chi connectivity index (χ4v) is 2.71.